The van der Waals surface area contributed by atoms with Crippen molar-refractivity contribution in [3.8, 4) is 11.5 Å². The van der Waals surface area contributed by atoms with Crippen molar-refractivity contribution in [3.05, 3.63) is 89.5 Å². The Labute approximate surface area is 254 Å². The van der Waals surface area contributed by atoms with E-state index < -0.39 is 28.5 Å². The molecule has 9 nitrogen and oxygen atoms in total. The van der Waals surface area contributed by atoms with Gasteiger partial charge in [-0.25, -0.2) is 8.42 Å². The number of hydrogen-bond acceptors (Lipinski definition) is 6. The van der Waals surface area contributed by atoms with Crippen molar-refractivity contribution in [1.82, 2.24) is 10.2 Å². The van der Waals surface area contributed by atoms with E-state index in [2.05, 4.69) is 5.32 Å². The molecule has 0 aromatic heterocycles. The van der Waals surface area contributed by atoms with Gasteiger partial charge in [-0.1, -0.05) is 61.5 Å². The normalized spacial score (nSPS) is 14.0. The number of aryl methyl sites for hydroxylation is 1. The van der Waals surface area contributed by atoms with Gasteiger partial charge in [-0.05, 0) is 56.0 Å². The summed E-state index contributed by atoms with van der Waals surface area (Å²) in [7, 11) is -3.89. The van der Waals surface area contributed by atoms with E-state index in [4.69, 9.17) is 9.47 Å². The summed E-state index contributed by atoms with van der Waals surface area (Å²) >= 11 is 0. The van der Waals surface area contributed by atoms with Gasteiger partial charge in [-0.2, -0.15) is 0 Å². The van der Waals surface area contributed by atoms with E-state index >= 15 is 0 Å². The molecule has 4 rings (SSSR count). The van der Waals surface area contributed by atoms with E-state index in [1.165, 1.54) is 11.8 Å². The Morgan fingerprint density at radius 1 is 0.930 bits per heavy atom. The maximum atomic E-state index is 14.4. The molecule has 0 spiro atoms. The van der Waals surface area contributed by atoms with Gasteiger partial charge in [0.05, 0.1) is 11.4 Å². The van der Waals surface area contributed by atoms with Gasteiger partial charge in [0.25, 0.3) is 0 Å². The summed E-state index contributed by atoms with van der Waals surface area (Å²) in [6, 6.07) is 21.1. The lowest BCUT2D eigenvalue weighted by Gasteiger charge is -2.34. The largest absolute Gasteiger partial charge is 0.486 e. The molecule has 0 aliphatic carbocycles. The Kier molecular flexibility index (Phi) is 10.7. The van der Waals surface area contributed by atoms with E-state index in [0.717, 1.165) is 27.4 Å². The van der Waals surface area contributed by atoms with Crippen molar-refractivity contribution in [2.75, 3.05) is 29.8 Å². The van der Waals surface area contributed by atoms with Gasteiger partial charge >= 0.3 is 0 Å². The van der Waals surface area contributed by atoms with Gasteiger partial charge in [-0.15, -0.1) is 0 Å². The van der Waals surface area contributed by atoms with E-state index in [1.54, 1.807) is 18.2 Å². The third-order valence-corrected chi connectivity index (χ3v) is 9.41. The van der Waals surface area contributed by atoms with Crippen LogP contribution in [0, 0.1) is 6.92 Å². The summed E-state index contributed by atoms with van der Waals surface area (Å²) in [6.45, 7) is 7.78. The first-order chi connectivity index (χ1) is 20.6. The number of ether oxygens (including phenoxy) is 2. The molecule has 2 atom stereocenters. The van der Waals surface area contributed by atoms with Gasteiger partial charge < -0.3 is 19.7 Å². The number of nitrogens with zero attached hydrogens (tertiary/aromatic N) is 2. The average Bonchev–Trinajstić information content (AvgIpc) is 3.02. The molecular weight excluding hydrogens is 566 g/mol. The van der Waals surface area contributed by atoms with Crippen molar-refractivity contribution in [2.45, 2.75) is 59.2 Å². The first kappa shape index (κ1) is 31.9. The highest BCUT2D eigenvalue weighted by Gasteiger charge is 2.34. The summed E-state index contributed by atoms with van der Waals surface area (Å²) in [5.41, 5.74) is 3.01. The predicted octanol–water partition coefficient (Wildman–Crippen LogP) is 4.48. The van der Waals surface area contributed by atoms with Crippen LogP contribution in [-0.4, -0.2) is 62.7 Å². The molecule has 1 N–H and O–H groups in total. The standard InChI is InChI=1S/C33H41N3O6S/c1-5-25(4)34-33(38)29(20-26-13-8-7-9-14-26)35(22-27-15-11-10-12-24(27)3)32(37)23-36(43(39,40)6-2)28-16-17-30-31(21-28)42-19-18-41-30/h7-17,21,25,29H,5-6,18-20,22-23H2,1-4H3,(H,34,38)/t25-,29-/m0/s1. The lowest BCUT2D eigenvalue weighted by Crippen LogP contribution is -2.54. The summed E-state index contributed by atoms with van der Waals surface area (Å²) in [5.74, 6) is -0.0611. The molecule has 2 amide bonds. The molecule has 43 heavy (non-hydrogen) atoms. The zero-order chi connectivity index (χ0) is 31.0. The van der Waals surface area contributed by atoms with Crippen LogP contribution in [0.3, 0.4) is 0 Å². The summed E-state index contributed by atoms with van der Waals surface area (Å²) in [6.07, 6.45) is 0.994. The molecule has 1 heterocycles. The second-order valence-electron chi connectivity index (χ2n) is 10.7. The van der Waals surface area contributed by atoms with Crippen LogP contribution in [0.15, 0.2) is 72.8 Å². The van der Waals surface area contributed by atoms with Crippen molar-refractivity contribution in [3.63, 3.8) is 0 Å². The SMILES string of the molecule is CC[C@H](C)NC(=O)[C@H](Cc1ccccc1)N(Cc1ccccc1C)C(=O)CN(c1ccc2c(c1)OCCO2)S(=O)(=O)CC. The van der Waals surface area contributed by atoms with Gasteiger partial charge in [0.15, 0.2) is 11.5 Å². The van der Waals surface area contributed by atoms with Crippen LogP contribution >= 0.6 is 0 Å². The lowest BCUT2D eigenvalue weighted by atomic mass is 10.0. The van der Waals surface area contributed by atoms with Crippen LogP contribution < -0.4 is 19.1 Å². The Balaban J connectivity index is 1.76. The number of carbonyl (C=O) groups is 2. The van der Waals surface area contributed by atoms with Crippen LogP contribution in [-0.2, 0) is 32.6 Å². The number of benzene rings is 3. The summed E-state index contributed by atoms with van der Waals surface area (Å²) in [4.78, 5) is 29.7. The van der Waals surface area contributed by atoms with E-state index in [1.807, 2.05) is 75.4 Å². The second-order valence-corrected chi connectivity index (χ2v) is 12.9. The van der Waals surface area contributed by atoms with Gasteiger partial charge in [0, 0.05) is 25.1 Å². The number of amides is 2. The zero-order valence-electron chi connectivity index (χ0n) is 25.3. The minimum atomic E-state index is -3.89. The van der Waals surface area contributed by atoms with Gasteiger partial charge in [-0.3, -0.25) is 13.9 Å². The monoisotopic (exact) mass is 607 g/mol. The fraction of sp³-hybridized carbons (Fsp3) is 0.394. The molecule has 0 saturated heterocycles. The molecule has 230 valence electrons. The van der Waals surface area contributed by atoms with Crippen LogP contribution in [0.25, 0.3) is 0 Å². The maximum absolute atomic E-state index is 14.4. The lowest BCUT2D eigenvalue weighted by molar-refractivity contribution is -0.140. The summed E-state index contributed by atoms with van der Waals surface area (Å²) < 4.78 is 39.2. The second kappa shape index (κ2) is 14.4. The number of anilines is 1. The minimum absolute atomic E-state index is 0.101. The van der Waals surface area contributed by atoms with Crippen LogP contribution in [0.5, 0.6) is 11.5 Å². The van der Waals surface area contributed by atoms with Crippen LogP contribution in [0.2, 0.25) is 0 Å². The van der Waals surface area contributed by atoms with Crippen molar-refractivity contribution in [2.24, 2.45) is 0 Å². The molecule has 3 aromatic carbocycles. The molecule has 3 aromatic rings. The Morgan fingerprint density at radius 2 is 1.60 bits per heavy atom. The molecule has 0 bridgehead atoms. The van der Waals surface area contributed by atoms with Gasteiger partial charge in [0.2, 0.25) is 21.8 Å². The average molecular weight is 608 g/mol. The molecule has 0 unspecified atom stereocenters. The number of nitrogens with one attached hydrogen (secondary N) is 1. The first-order valence-corrected chi connectivity index (χ1v) is 16.3. The molecule has 0 fully saturated rings. The zero-order valence-corrected chi connectivity index (χ0v) is 26.1. The Hall–Kier alpha value is -4.05. The third kappa shape index (κ3) is 8.07. The molecule has 0 saturated carbocycles. The quantitative estimate of drug-likeness (QED) is 0.307. The van der Waals surface area contributed by atoms with Crippen LogP contribution in [0.4, 0.5) is 5.69 Å². The Bertz CT molecular complexity index is 1510. The van der Waals surface area contributed by atoms with E-state index in [-0.39, 0.29) is 30.7 Å². The predicted molar refractivity (Wildman–Crippen MR) is 168 cm³/mol. The highest BCUT2D eigenvalue weighted by Crippen LogP contribution is 2.35. The van der Waals surface area contributed by atoms with E-state index in [0.29, 0.717) is 30.4 Å². The summed E-state index contributed by atoms with van der Waals surface area (Å²) in [5, 5.41) is 3.05. The van der Waals surface area contributed by atoms with Crippen molar-refractivity contribution in [1.29, 1.82) is 0 Å². The third-order valence-electron chi connectivity index (χ3n) is 7.67. The maximum Gasteiger partial charge on any atom is 0.244 e. The number of hydrogen-bond donors (Lipinski definition) is 1. The molecule has 1 aliphatic heterocycles. The van der Waals surface area contributed by atoms with E-state index in [9.17, 15) is 18.0 Å². The van der Waals surface area contributed by atoms with Crippen molar-refractivity contribution < 1.29 is 27.5 Å². The number of rotatable bonds is 13. The highest BCUT2D eigenvalue weighted by molar-refractivity contribution is 7.92. The number of carbonyl (C=O) groups excluding carboxylic acids is 2. The Morgan fingerprint density at radius 3 is 2.28 bits per heavy atom. The number of sulfonamides is 1. The molecule has 0 radical (unpaired) electrons. The molecule has 1 aliphatic rings. The molecule has 10 heteroatoms. The molecular formula is C33H41N3O6S. The fourth-order valence-corrected chi connectivity index (χ4v) is 5.93. The topological polar surface area (TPSA) is 105 Å². The smallest absolute Gasteiger partial charge is 0.244 e. The fourth-order valence-electron chi connectivity index (χ4n) is 4.87. The van der Waals surface area contributed by atoms with Gasteiger partial charge in [0.1, 0.15) is 25.8 Å². The number of fused-ring (bicyclic) bond motifs is 1. The first-order valence-electron chi connectivity index (χ1n) is 14.7. The van der Waals surface area contributed by atoms with Crippen molar-refractivity contribution >= 4 is 27.5 Å². The van der Waals surface area contributed by atoms with Crippen LogP contribution in [0.1, 0.15) is 43.9 Å². The highest BCUT2D eigenvalue weighted by atomic mass is 32.2. The minimum Gasteiger partial charge on any atom is -0.486 e.